The Morgan fingerprint density at radius 3 is 2.33 bits per heavy atom. The standard InChI is InChI=1S/C28H24ClNO6/c1-16(2)26-24(18-8-10-20(29)11-9-18)25(31)22-13-12-21(14-23(22)36-26)30-28(33)35-15-17-4-6-19(7-5-17)27(32)34-3/h4-14,16H,15H2,1-3H3,(H,30,33). The summed E-state index contributed by atoms with van der Waals surface area (Å²) in [6, 6.07) is 18.4. The Morgan fingerprint density at radius 2 is 1.69 bits per heavy atom. The first-order chi connectivity index (χ1) is 17.3. The first-order valence-corrected chi connectivity index (χ1v) is 11.6. The highest BCUT2D eigenvalue weighted by molar-refractivity contribution is 6.30. The zero-order valence-corrected chi connectivity index (χ0v) is 20.7. The maximum atomic E-state index is 13.4. The molecule has 8 heteroatoms. The van der Waals surface area contributed by atoms with Crippen molar-refractivity contribution >= 4 is 40.3 Å². The Morgan fingerprint density at radius 1 is 1.00 bits per heavy atom. The number of esters is 1. The second-order valence-electron chi connectivity index (χ2n) is 8.43. The van der Waals surface area contributed by atoms with E-state index >= 15 is 0 Å². The van der Waals surface area contributed by atoms with Gasteiger partial charge in [0.25, 0.3) is 0 Å². The predicted molar refractivity (Wildman–Crippen MR) is 139 cm³/mol. The van der Waals surface area contributed by atoms with Crippen LogP contribution in [0.25, 0.3) is 22.1 Å². The van der Waals surface area contributed by atoms with Gasteiger partial charge in [0.15, 0.2) is 0 Å². The van der Waals surface area contributed by atoms with E-state index in [9.17, 15) is 14.4 Å². The molecule has 0 radical (unpaired) electrons. The molecule has 0 spiro atoms. The number of ether oxygens (including phenoxy) is 2. The molecule has 0 saturated carbocycles. The van der Waals surface area contributed by atoms with Gasteiger partial charge in [-0.1, -0.05) is 49.7 Å². The minimum Gasteiger partial charge on any atom is -0.465 e. The number of halogens is 1. The lowest BCUT2D eigenvalue weighted by molar-refractivity contribution is 0.0600. The lowest BCUT2D eigenvalue weighted by Crippen LogP contribution is -2.14. The number of carbonyl (C=O) groups excluding carboxylic acids is 2. The number of fused-ring (bicyclic) bond motifs is 1. The van der Waals surface area contributed by atoms with Crippen LogP contribution in [0.5, 0.6) is 0 Å². The number of hydrogen-bond acceptors (Lipinski definition) is 6. The van der Waals surface area contributed by atoms with Crippen molar-refractivity contribution in [3.63, 3.8) is 0 Å². The van der Waals surface area contributed by atoms with Crippen molar-refractivity contribution in [2.24, 2.45) is 0 Å². The maximum absolute atomic E-state index is 13.4. The topological polar surface area (TPSA) is 94.8 Å². The van der Waals surface area contributed by atoms with Crippen molar-refractivity contribution in [2.45, 2.75) is 26.4 Å². The molecule has 0 aliphatic rings. The normalized spacial score (nSPS) is 10.9. The van der Waals surface area contributed by atoms with Gasteiger partial charge in [-0.15, -0.1) is 0 Å². The van der Waals surface area contributed by atoms with Crippen molar-refractivity contribution in [1.29, 1.82) is 0 Å². The highest BCUT2D eigenvalue weighted by atomic mass is 35.5. The monoisotopic (exact) mass is 505 g/mol. The number of nitrogens with one attached hydrogen (secondary N) is 1. The number of rotatable bonds is 6. The number of carbonyl (C=O) groups is 2. The second-order valence-corrected chi connectivity index (χ2v) is 8.87. The van der Waals surface area contributed by atoms with E-state index in [1.807, 2.05) is 13.8 Å². The number of hydrogen-bond donors (Lipinski definition) is 1. The Bertz CT molecular complexity index is 1470. The van der Waals surface area contributed by atoms with Crippen LogP contribution >= 0.6 is 11.6 Å². The molecule has 0 fully saturated rings. The van der Waals surface area contributed by atoms with E-state index in [0.717, 1.165) is 5.56 Å². The van der Waals surface area contributed by atoms with E-state index in [1.54, 1.807) is 66.7 Å². The molecule has 4 rings (SSSR count). The van der Waals surface area contributed by atoms with Crippen LogP contribution in [0.1, 0.15) is 41.4 Å². The third-order valence-electron chi connectivity index (χ3n) is 5.57. The van der Waals surface area contributed by atoms with Gasteiger partial charge in [0.1, 0.15) is 18.0 Å². The summed E-state index contributed by atoms with van der Waals surface area (Å²) in [5.74, 6) is 0.0500. The molecule has 0 aliphatic carbocycles. The summed E-state index contributed by atoms with van der Waals surface area (Å²) in [5.41, 5.74) is 2.95. The molecule has 0 atom stereocenters. The fourth-order valence-electron chi connectivity index (χ4n) is 3.74. The van der Waals surface area contributed by atoms with Crippen molar-refractivity contribution in [1.82, 2.24) is 0 Å². The Kier molecular flexibility index (Phi) is 7.41. The molecule has 0 bridgehead atoms. The summed E-state index contributed by atoms with van der Waals surface area (Å²) in [6.45, 7) is 3.90. The number of benzene rings is 3. The largest absolute Gasteiger partial charge is 0.465 e. The molecule has 36 heavy (non-hydrogen) atoms. The van der Waals surface area contributed by atoms with Crippen LogP contribution in [0.4, 0.5) is 10.5 Å². The van der Waals surface area contributed by atoms with E-state index in [4.69, 9.17) is 20.8 Å². The molecule has 0 unspecified atom stereocenters. The summed E-state index contributed by atoms with van der Waals surface area (Å²) >= 11 is 6.01. The smallest absolute Gasteiger partial charge is 0.411 e. The van der Waals surface area contributed by atoms with E-state index in [-0.39, 0.29) is 18.0 Å². The Labute approximate surface area is 212 Å². The highest BCUT2D eigenvalue weighted by Gasteiger charge is 2.19. The molecule has 1 N–H and O–H groups in total. The number of amides is 1. The first-order valence-electron chi connectivity index (χ1n) is 11.2. The van der Waals surface area contributed by atoms with E-state index in [0.29, 0.717) is 44.1 Å². The summed E-state index contributed by atoms with van der Waals surface area (Å²) < 4.78 is 16.1. The van der Waals surface area contributed by atoms with Crippen LogP contribution in [-0.2, 0) is 16.1 Å². The molecule has 184 valence electrons. The van der Waals surface area contributed by atoms with Crippen LogP contribution in [0, 0.1) is 0 Å². The van der Waals surface area contributed by atoms with Gasteiger partial charge >= 0.3 is 12.1 Å². The van der Waals surface area contributed by atoms with Gasteiger partial charge < -0.3 is 13.9 Å². The molecule has 0 aliphatic heterocycles. The Balaban J connectivity index is 1.54. The zero-order valence-electron chi connectivity index (χ0n) is 20.0. The van der Waals surface area contributed by atoms with E-state index in [1.165, 1.54) is 7.11 Å². The third kappa shape index (κ3) is 5.42. The van der Waals surface area contributed by atoms with Gasteiger partial charge in [0.2, 0.25) is 5.43 Å². The van der Waals surface area contributed by atoms with Gasteiger partial charge in [0.05, 0.1) is 23.6 Å². The van der Waals surface area contributed by atoms with Crippen LogP contribution < -0.4 is 10.7 Å². The second kappa shape index (κ2) is 10.7. The molecule has 1 aromatic heterocycles. The molecular weight excluding hydrogens is 482 g/mol. The minimum absolute atomic E-state index is 0.0118. The average molecular weight is 506 g/mol. The molecular formula is C28H24ClNO6. The quantitative estimate of drug-likeness (QED) is 0.290. The van der Waals surface area contributed by atoms with Crippen LogP contribution in [0.2, 0.25) is 5.02 Å². The third-order valence-corrected chi connectivity index (χ3v) is 5.82. The fraction of sp³-hybridized carbons (Fsp3) is 0.179. The fourth-order valence-corrected chi connectivity index (χ4v) is 3.87. The summed E-state index contributed by atoms with van der Waals surface area (Å²) in [4.78, 5) is 37.2. The number of methoxy groups -OCH3 is 1. The summed E-state index contributed by atoms with van der Waals surface area (Å²) in [7, 11) is 1.31. The maximum Gasteiger partial charge on any atom is 0.411 e. The minimum atomic E-state index is -0.671. The molecule has 7 nitrogen and oxygen atoms in total. The molecule has 1 heterocycles. The van der Waals surface area contributed by atoms with Crippen LogP contribution in [0.3, 0.4) is 0 Å². The van der Waals surface area contributed by atoms with Gasteiger partial charge in [-0.2, -0.15) is 0 Å². The van der Waals surface area contributed by atoms with Gasteiger partial charge in [0, 0.05) is 22.7 Å². The van der Waals surface area contributed by atoms with E-state index < -0.39 is 12.1 Å². The zero-order chi connectivity index (χ0) is 25.8. The van der Waals surface area contributed by atoms with Gasteiger partial charge in [-0.25, -0.2) is 9.59 Å². The van der Waals surface area contributed by atoms with E-state index in [2.05, 4.69) is 10.1 Å². The lowest BCUT2D eigenvalue weighted by Gasteiger charge is -2.14. The number of anilines is 1. The average Bonchev–Trinajstić information content (AvgIpc) is 2.87. The van der Waals surface area contributed by atoms with Crippen molar-refractivity contribution in [3.8, 4) is 11.1 Å². The summed E-state index contributed by atoms with van der Waals surface area (Å²) in [5, 5.41) is 3.63. The molecule has 3 aromatic carbocycles. The van der Waals surface area contributed by atoms with Crippen molar-refractivity contribution in [2.75, 3.05) is 12.4 Å². The lowest BCUT2D eigenvalue weighted by atomic mass is 9.97. The highest BCUT2D eigenvalue weighted by Crippen LogP contribution is 2.31. The molecule has 1 amide bonds. The van der Waals surface area contributed by atoms with Crippen molar-refractivity contribution < 1.29 is 23.5 Å². The van der Waals surface area contributed by atoms with Crippen LogP contribution in [0.15, 0.2) is 75.9 Å². The summed E-state index contributed by atoms with van der Waals surface area (Å²) in [6.07, 6.45) is -0.671. The Hall–Kier alpha value is -4.10. The van der Waals surface area contributed by atoms with Gasteiger partial charge in [-0.05, 0) is 47.5 Å². The van der Waals surface area contributed by atoms with Crippen molar-refractivity contribution in [3.05, 3.63) is 98.9 Å². The molecule has 4 aromatic rings. The SMILES string of the molecule is COC(=O)c1ccc(COC(=O)Nc2ccc3c(=O)c(-c4ccc(Cl)cc4)c(C(C)C)oc3c2)cc1. The van der Waals surface area contributed by atoms with Gasteiger partial charge in [-0.3, -0.25) is 10.1 Å². The van der Waals surface area contributed by atoms with Crippen LogP contribution in [-0.4, -0.2) is 19.2 Å². The molecule has 0 saturated heterocycles. The predicted octanol–water partition coefficient (Wildman–Crippen LogP) is 6.77. The first kappa shape index (κ1) is 25.0.